The summed E-state index contributed by atoms with van der Waals surface area (Å²) in [5, 5.41) is 5.22. The molecule has 1 aromatic rings. The number of anilines is 1. The molecule has 1 amide bonds. The maximum atomic E-state index is 11.2. The molecule has 2 heterocycles. The van der Waals surface area contributed by atoms with Gasteiger partial charge in [0.25, 0.3) is 0 Å². The number of hydrogen-bond donors (Lipinski definition) is 2. The lowest BCUT2D eigenvalue weighted by Gasteiger charge is -2.31. The topological polar surface area (TPSA) is 91.4 Å². The van der Waals surface area contributed by atoms with Crippen molar-refractivity contribution in [3.8, 4) is 0 Å². The lowest BCUT2D eigenvalue weighted by Crippen LogP contribution is -2.43. The average molecular weight is 332 g/mol. The summed E-state index contributed by atoms with van der Waals surface area (Å²) in [6.45, 7) is 3.85. The second kappa shape index (κ2) is 6.82. The van der Waals surface area contributed by atoms with Gasteiger partial charge in [-0.2, -0.15) is 0 Å². The van der Waals surface area contributed by atoms with Crippen LogP contribution in [0.3, 0.4) is 0 Å². The molecule has 1 aliphatic heterocycles. The number of sulfonamides is 1. The fraction of sp³-hybridized carbons (Fsp3) is 0.667. The van der Waals surface area contributed by atoms with E-state index in [1.54, 1.807) is 0 Å². The summed E-state index contributed by atoms with van der Waals surface area (Å²) >= 11 is 1.41. The minimum absolute atomic E-state index is 0.0293. The lowest BCUT2D eigenvalue weighted by molar-refractivity contribution is -0.114. The number of likely N-dealkylation sites (tertiary alicyclic amines) is 1. The molecule has 21 heavy (non-hydrogen) atoms. The normalized spacial score (nSPS) is 17.8. The summed E-state index contributed by atoms with van der Waals surface area (Å²) in [7, 11) is -3.13. The van der Waals surface area contributed by atoms with Crippen molar-refractivity contribution in [3.05, 3.63) is 11.1 Å². The molecule has 1 fully saturated rings. The van der Waals surface area contributed by atoms with Crippen LogP contribution in [0.2, 0.25) is 0 Å². The molecule has 0 bridgehead atoms. The maximum absolute atomic E-state index is 11.2. The Morgan fingerprint density at radius 1 is 1.48 bits per heavy atom. The highest BCUT2D eigenvalue weighted by atomic mass is 32.2. The Balaban J connectivity index is 1.80. The van der Waals surface area contributed by atoms with Crippen LogP contribution in [0.4, 0.5) is 5.13 Å². The van der Waals surface area contributed by atoms with E-state index >= 15 is 0 Å². The highest BCUT2D eigenvalue weighted by Gasteiger charge is 2.22. The van der Waals surface area contributed by atoms with Crippen molar-refractivity contribution in [2.45, 2.75) is 32.4 Å². The van der Waals surface area contributed by atoms with Crippen molar-refractivity contribution in [1.82, 2.24) is 14.6 Å². The molecule has 2 N–H and O–H groups in total. The number of hydrogen-bond acceptors (Lipinski definition) is 6. The van der Waals surface area contributed by atoms with Crippen LogP contribution in [0, 0.1) is 0 Å². The van der Waals surface area contributed by atoms with Gasteiger partial charge in [-0.3, -0.25) is 9.69 Å². The summed E-state index contributed by atoms with van der Waals surface area (Å²) in [4.78, 5) is 17.6. The molecule has 7 nitrogen and oxygen atoms in total. The molecule has 0 aromatic carbocycles. The summed E-state index contributed by atoms with van der Waals surface area (Å²) in [6.07, 6.45) is 2.80. The van der Waals surface area contributed by atoms with Gasteiger partial charge in [0, 0.05) is 38.0 Å². The minimum atomic E-state index is -3.13. The standard InChI is InChI=1S/C12H20N4O3S2/c1-9(17)13-12-14-11(8-20-12)7-16-5-3-10(4-6-16)15-21(2,18)19/h8,10,15H,3-7H2,1-2H3,(H,13,14,17). The minimum Gasteiger partial charge on any atom is -0.302 e. The number of nitrogens with zero attached hydrogens (tertiary/aromatic N) is 2. The highest BCUT2D eigenvalue weighted by Crippen LogP contribution is 2.19. The Hall–Kier alpha value is -1.03. The number of nitrogens with one attached hydrogen (secondary N) is 2. The Bertz CT molecular complexity index is 591. The van der Waals surface area contributed by atoms with E-state index in [4.69, 9.17) is 0 Å². The van der Waals surface area contributed by atoms with E-state index < -0.39 is 10.0 Å². The third-order valence-corrected chi connectivity index (χ3v) is 4.76. The fourth-order valence-corrected chi connectivity index (χ4v) is 3.92. The van der Waals surface area contributed by atoms with Gasteiger partial charge >= 0.3 is 0 Å². The summed E-state index contributed by atoms with van der Waals surface area (Å²) in [5.74, 6) is -0.122. The monoisotopic (exact) mass is 332 g/mol. The Labute approximate surface area is 128 Å². The third-order valence-electron chi connectivity index (χ3n) is 3.19. The number of piperidine rings is 1. The number of amides is 1. The van der Waals surface area contributed by atoms with E-state index in [0.29, 0.717) is 5.13 Å². The molecule has 118 valence electrons. The third kappa shape index (κ3) is 5.70. The van der Waals surface area contributed by atoms with Gasteiger partial charge in [0.2, 0.25) is 15.9 Å². The smallest absolute Gasteiger partial charge is 0.223 e. The second-order valence-corrected chi connectivity index (χ2v) is 7.90. The molecule has 9 heteroatoms. The first kappa shape index (κ1) is 16.3. The molecule has 0 unspecified atom stereocenters. The maximum Gasteiger partial charge on any atom is 0.223 e. The fourth-order valence-electron chi connectivity index (χ4n) is 2.33. The summed E-state index contributed by atoms with van der Waals surface area (Å²) in [6, 6.07) is 0.0293. The van der Waals surface area contributed by atoms with Crippen LogP contribution < -0.4 is 10.0 Å². The van der Waals surface area contributed by atoms with Crippen LogP contribution in [0.15, 0.2) is 5.38 Å². The van der Waals surface area contributed by atoms with Crippen LogP contribution >= 0.6 is 11.3 Å². The molecular weight excluding hydrogens is 312 g/mol. The van der Waals surface area contributed by atoms with Gasteiger partial charge in [-0.25, -0.2) is 18.1 Å². The molecule has 1 aromatic heterocycles. The van der Waals surface area contributed by atoms with Crippen LogP contribution in [0.1, 0.15) is 25.5 Å². The van der Waals surface area contributed by atoms with Gasteiger partial charge in [0.1, 0.15) is 0 Å². The predicted octanol–water partition coefficient (Wildman–Crippen LogP) is 0.615. The summed E-state index contributed by atoms with van der Waals surface area (Å²) in [5.41, 5.74) is 0.929. The molecular formula is C12H20N4O3S2. The van der Waals surface area contributed by atoms with Crippen LogP contribution in [-0.4, -0.2) is 49.6 Å². The zero-order chi connectivity index (χ0) is 15.5. The molecule has 0 saturated carbocycles. The molecule has 2 rings (SSSR count). The molecule has 1 saturated heterocycles. The van der Waals surface area contributed by atoms with Crippen molar-refractivity contribution >= 4 is 32.4 Å². The van der Waals surface area contributed by atoms with E-state index in [2.05, 4.69) is 19.9 Å². The van der Waals surface area contributed by atoms with Crippen molar-refractivity contribution in [1.29, 1.82) is 0 Å². The Kier molecular flexibility index (Phi) is 5.31. The molecule has 0 aliphatic carbocycles. The van der Waals surface area contributed by atoms with E-state index in [-0.39, 0.29) is 11.9 Å². The van der Waals surface area contributed by atoms with Crippen LogP contribution in [-0.2, 0) is 21.4 Å². The van der Waals surface area contributed by atoms with Crippen LogP contribution in [0.25, 0.3) is 0 Å². The predicted molar refractivity (Wildman–Crippen MR) is 82.7 cm³/mol. The van der Waals surface area contributed by atoms with E-state index in [0.717, 1.165) is 38.2 Å². The van der Waals surface area contributed by atoms with Gasteiger partial charge in [-0.15, -0.1) is 11.3 Å². The molecule has 0 radical (unpaired) electrons. The Morgan fingerprint density at radius 2 is 2.14 bits per heavy atom. The van der Waals surface area contributed by atoms with Crippen LogP contribution in [0.5, 0.6) is 0 Å². The number of aromatic nitrogens is 1. The number of thiazole rings is 1. The quantitative estimate of drug-likeness (QED) is 0.824. The zero-order valence-electron chi connectivity index (χ0n) is 12.1. The van der Waals surface area contributed by atoms with Gasteiger partial charge in [-0.1, -0.05) is 0 Å². The molecule has 0 spiro atoms. The van der Waals surface area contributed by atoms with Gasteiger partial charge in [0.05, 0.1) is 11.9 Å². The first-order valence-electron chi connectivity index (χ1n) is 6.73. The lowest BCUT2D eigenvalue weighted by atomic mass is 10.1. The SMILES string of the molecule is CC(=O)Nc1nc(CN2CCC(NS(C)(=O)=O)CC2)cs1. The largest absolute Gasteiger partial charge is 0.302 e. The van der Waals surface area contributed by atoms with E-state index in [1.165, 1.54) is 24.5 Å². The summed E-state index contributed by atoms with van der Waals surface area (Å²) < 4.78 is 25.0. The highest BCUT2D eigenvalue weighted by molar-refractivity contribution is 7.88. The van der Waals surface area contributed by atoms with E-state index in [9.17, 15) is 13.2 Å². The second-order valence-electron chi connectivity index (χ2n) is 5.27. The van der Waals surface area contributed by atoms with Crippen molar-refractivity contribution in [3.63, 3.8) is 0 Å². The first-order chi connectivity index (χ1) is 9.82. The number of carbonyl (C=O) groups is 1. The van der Waals surface area contributed by atoms with E-state index in [1.807, 2.05) is 5.38 Å². The van der Waals surface area contributed by atoms with Crippen molar-refractivity contribution in [2.75, 3.05) is 24.7 Å². The first-order valence-corrected chi connectivity index (χ1v) is 9.50. The van der Waals surface area contributed by atoms with Gasteiger partial charge < -0.3 is 5.32 Å². The molecule has 1 aliphatic rings. The van der Waals surface area contributed by atoms with Crippen molar-refractivity contribution in [2.24, 2.45) is 0 Å². The average Bonchev–Trinajstić information content (AvgIpc) is 2.76. The number of carbonyl (C=O) groups excluding carboxylic acids is 1. The molecule has 0 atom stereocenters. The van der Waals surface area contributed by atoms with Gasteiger partial charge in [-0.05, 0) is 12.8 Å². The van der Waals surface area contributed by atoms with Gasteiger partial charge in [0.15, 0.2) is 5.13 Å². The number of rotatable bonds is 5. The Morgan fingerprint density at radius 3 is 2.71 bits per heavy atom. The van der Waals surface area contributed by atoms with Crippen molar-refractivity contribution < 1.29 is 13.2 Å². The zero-order valence-corrected chi connectivity index (χ0v) is 13.8.